The molecule has 0 saturated carbocycles. The molecule has 0 spiro atoms. The Morgan fingerprint density at radius 1 is 1.20 bits per heavy atom. The maximum Gasteiger partial charge on any atom is 0.496 e. The van der Waals surface area contributed by atoms with Crippen LogP contribution < -0.4 is 16.3 Å². The van der Waals surface area contributed by atoms with Gasteiger partial charge in [0.1, 0.15) is 0 Å². The van der Waals surface area contributed by atoms with Crippen molar-refractivity contribution in [3.63, 3.8) is 0 Å². The molecule has 0 unspecified atom stereocenters. The Labute approximate surface area is 118 Å². The number of rotatable bonds is 2. The highest BCUT2D eigenvalue weighted by atomic mass is 32.2. The number of primary sulfonamides is 1. The van der Waals surface area contributed by atoms with Crippen LogP contribution >= 0.6 is 0 Å². The lowest BCUT2D eigenvalue weighted by atomic mass is 9.80. The third-order valence-corrected chi connectivity index (χ3v) is 4.58. The van der Waals surface area contributed by atoms with E-state index in [1.165, 1.54) is 12.3 Å². The van der Waals surface area contributed by atoms with Gasteiger partial charge in [0.2, 0.25) is 0 Å². The van der Waals surface area contributed by atoms with Crippen LogP contribution in [0.4, 0.5) is 5.69 Å². The smallest absolute Gasteiger partial charge is 0.399 e. The van der Waals surface area contributed by atoms with Crippen molar-refractivity contribution in [3.05, 3.63) is 12.3 Å². The van der Waals surface area contributed by atoms with Gasteiger partial charge in [-0.1, -0.05) is 0 Å². The lowest BCUT2D eigenvalue weighted by Crippen LogP contribution is -2.41. The van der Waals surface area contributed by atoms with Gasteiger partial charge in [-0.25, -0.2) is 18.5 Å². The zero-order valence-corrected chi connectivity index (χ0v) is 12.7. The van der Waals surface area contributed by atoms with Gasteiger partial charge in [0, 0.05) is 11.7 Å². The second-order valence-corrected chi connectivity index (χ2v) is 7.27. The Morgan fingerprint density at radius 3 is 2.10 bits per heavy atom. The first-order chi connectivity index (χ1) is 8.94. The highest BCUT2D eigenvalue weighted by Gasteiger charge is 2.51. The van der Waals surface area contributed by atoms with Crippen molar-refractivity contribution in [1.82, 2.24) is 4.98 Å². The molecule has 1 aromatic rings. The number of nitrogens with zero attached hydrogens (tertiary/aromatic N) is 1. The summed E-state index contributed by atoms with van der Waals surface area (Å²) in [6.45, 7) is 7.68. The quantitative estimate of drug-likeness (QED) is 0.718. The highest BCUT2D eigenvalue weighted by Crippen LogP contribution is 2.36. The molecule has 0 aromatic carbocycles. The van der Waals surface area contributed by atoms with Crippen LogP contribution in [0.25, 0.3) is 0 Å². The fourth-order valence-electron chi connectivity index (χ4n) is 1.83. The Morgan fingerprint density at radius 2 is 1.70 bits per heavy atom. The Bertz CT molecular complexity index is 629. The zero-order valence-electron chi connectivity index (χ0n) is 11.9. The van der Waals surface area contributed by atoms with Crippen LogP contribution in [0.15, 0.2) is 17.3 Å². The molecule has 20 heavy (non-hydrogen) atoms. The Balaban J connectivity index is 2.36. The van der Waals surface area contributed by atoms with Crippen LogP contribution in [0.3, 0.4) is 0 Å². The van der Waals surface area contributed by atoms with E-state index in [-0.39, 0.29) is 10.7 Å². The van der Waals surface area contributed by atoms with E-state index in [9.17, 15) is 8.42 Å². The predicted octanol–water partition coefficient (Wildman–Crippen LogP) is -0.390. The van der Waals surface area contributed by atoms with Crippen molar-refractivity contribution in [2.75, 3.05) is 5.73 Å². The Kier molecular flexibility index (Phi) is 3.37. The van der Waals surface area contributed by atoms with Gasteiger partial charge in [-0.05, 0) is 33.8 Å². The molecule has 2 rings (SSSR count). The van der Waals surface area contributed by atoms with E-state index in [4.69, 9.17) is 20.2 Å². The summed E-state index contributed by atoms with van der Waals surface area (Å²) in [5.41, 5.74) is 5.21. The van der Waals surface area contributed by atoms with Gasteiger partial charge in [0.05, 0.1) is 16.9 Å². The minimum atomic E-state index is -3.94. The minimum Gasteiger partial charge on any atom is -0.399 e. The SMILES string of the molecule is CC1(C)OB(c2cnc(S(N)(=O)=O)c(N)c2)OC1(C)C. The summed E-state index contributed by atoms with van der Waals surface area (Å²) < 4.78 is 34.2. The largest absolute Gasteiger partial charge is 0.496 e. The summed E-state index contributed by atoms with van der Waals surface area (Å²) in [5.74, 6) is 0. The molecule has 7 nitrogen and oxygen atoms in total. The summed E-state index contributed by atoms with van der Waals surface area (Å²) in [7, 11) is -4.59. The Hall–Kier alpha value is -1.16. The predicted molar refractivity (Wildman–Crippen MR) is 75.7 cm³/mol. The lowest BCUT2D eigenvalue weighted by Gasteiger charge is -2.32. The van der Waals surface area contributed by atoms with E-state index in [2.05, 4.69) is 4.98 Å². The first-order valence-corrected chi connectivity index (χ1v) is 7.62. The molecule has 1 fully saturated rings. The zero-order chi connectivity index (χ0) is 15.3. The van der Waals surface area contributed by atoms with Gasteiger partial charge in [-0.3, -0.25) is 0 Å². The van der Waals surface area contributed by atoms with E-state index in [1.807, 2.05) is 27.7 Å². The number of anilines is 1. The second kappa shape index (κ2) is 4.42. The molecule has 110 valence electrons. The fraction of sp³-hybridized carbons (Fsp3) is 0.545. The number of pyridine rings is 1. The molecule has 4 N–H and O–H groups in total. The van der Waals surface area contributed by atoms with E-state index < -0.39 is 28.3 Å². The number of nitrogen functional groups attached to an aromatic ring is 1. The molecule has 0 radical (unpaired) electrons. The van der Waals surface area contributed by atoms with Gasteiger partial charge < -0.3 is 15.0 Å². The molecule has 0 amide bonds. The maximum absolute atomic E-state index is 11.3. The van der Waals surface area contributed by atoms with Gasteiger partial charge >= 0.3 is 7.12 Å². The number of hydrogen-bond donors (Lipinski definition) is 2. The third kappa shape index (κ3) is 2.53. The average molecular weight is 299 g/mol. The number of aromatic nitrogens is 1. The summed E-state index contributed by atoms with van der Waals surface area (Å²) in [6, 6.07) is 1.45. The molecule has 1 saturated heterocycles. The molecular formula is C11H18BN3O4S. The molecule has 2 heterocycles. The normalized spacial score (nSPS) is 21.1. The average Bonchev–Trinajstić information content (AvgIpc) is 2.46. The molecule has 0 atom stereocenters. The number of sulfonamides is 1. The van der Waals surface area contributed by atoms with Gasteiger partial charge in [0.25, 0.3) is 10.0 Å². The second-order valence-electron chi connectivity index (χ2n) is 5.80. The standard InChI is InChI=1S/C11H18BN3O4S/c1-10(2)11(3,4)19-12(18-10)7-5-8(13)9(15-6-7)20(14,16)17/h5-6H,13H2,1-4H3,(H2,14,16,17). The van der Waals surface area contributed by atoms with Gasteiger partial charge in [-0.2, -0.15) is 0 Å². The van der Waals surface area contributed by atoms with Gasteiger partial charge in [-0.15, -0.1) is 0 Å². The number of hydrogen-bond acceptors (Lipinski definition) is 6. The minimum absolute atomic E-state index is 0.0280. The van der Waals surface area contributed by atoms with E-state index in [0.29, 0.717) is 5.46 Å². The molecular weight excluding hydrogens is 281 g/mol. The lowest BCUT2D eigenvalue weighted by molar-refractivity contribution is 0.00578. The molecule has 1 aliphatic rings. The van der Waals surface area contributed by atoms with Crippen LogP contribution in [-0.2, 0) is 19.3 Å². The summed E-state index contributed by atoms with van der Waals surface area (Å²) in [4.78, 5) is 3.79. The van der Waals surface area contributed by atoms with Crippen LogP contribution in [0.5, 0.6) is 0 Å². The van der Waals surface area contributed by atoms with E-state index in [1.54, 1.807) is 0 Å². The van der Waals surface area contributed by atoms with Crippen LogP contribution in [-0.4, -0.2) is 31.7 Å². The van der Waals surface area contributed by atoms with Crippen LogP contribution in [0.1, 0.15) is 27.7 Å². The molecule has 0 bridgehead atoms. The van der Waals surface area contributed by atoms with Crippen molar-refractivity contribution >= 4 is 28.3 Å². The molecule has 1 aliphatic heterocycles. The molecule has 0 aliphatic carbocycles. The monoisotopic (exact) mass is 299 g/mol. The summed E-state index contributed by atoms with van der Waals surface area (Å²) in [5, 5.41) is 4.67. The van der Waals surface area contributed by atoms with Crippen molar-refractivity contribution in [2.24, 2.45) is 5.14 Å². The van der Waals surface area contributed by atoms with E-state index >= 15 is 0 Å². The van der Waals surface area contributed by atoms with Crippen molar-refractivity contribution in [1.29, 1.82) is 0 Å². The first kappa shape index (κ1) is 15.2. The van der Waals surface area contributed by atoms with E-state index in [0.717, 1.165) is 0 Å². The van der Waals surface area contributed by atoms with Crippen molar-refractivity contribution in [3.8, 4) is 0 Å². The summed E-state index contributed by atoms with van der Waals surface area (Å²) in [6.07, 6.45) is 1.35. The third-order valence-electron chi connectivity index (χ3n) is 3.69. The van der Waals surface area contributed by atoms with Gasteiger partial charge in [0.15, 0.2) is 5.03 Å². The van der Waals surface area contributed by atoms with Crippen LogP contribution in [0.2, 0.25) is 0 Å². The topological polar surface area (TPSA) is 118 Å². The molecule has 9 heteroatoms. The van der Waals surface area contributed by atoms with Crippen molar-refractivity contribution < 1.29 is 17.7 Å². The summed E-state index contributed by atoms with van der Waals surface area (Å²) >= 11 is 0. The first-order valence-electron chi connectivity index (χ1n) is 6.08. The maximum atomic E-state index is 11.3. The van der Waals surface area contributed by atoms with Crippen molar-refractivity contribution in [2.45, 2.75) is 43.9 Å². The number of nitrogens with two attached hydrogens (primary N) is 2. The fourth-order valence-corrected chi connectivity index (χ4v) is 2.42. The van der Waals surface area contributed by atoms with Crippen LogP contribution in [0, 0.1) is 0 Å². The molecule has 1 aromatic heterocycles. The highest BCUT2D eigenvalue weighted by molar-refractivity contribution is 7.89.